The molecule has 0 aliphatic heterocycles. The van der Waals surface area contributed by atoms with E-state index in [1.165, 1.54) is 0 Å². The third-order valence-electron chi connectivity index (χ3n) is 2.67. The van der Waals surface area contributed by atoms with Gasteiger partial charge in [-0.3, -0.25) is 4.79 Å². The van der Waals surface area contributed by atoms with E-state index in [0.29, 0.717) is 5.69 Å². The molecule has 0 radical (unpaired) electrons. The molecule has 0 bridgehead atoms. The standard InChI is InChI=1S/C12H16Br2N2O/c1-3-7(4-2)12(17)16-11-9(13)5-8(15)6-10(11)14/h5-7H,3-4,15H2,1-2H3,(H,16,17). The number of rotatable bonds is 4. The minimum atomic E-state index is 0.0428. The number of benzene rings is 1. The molecular weight excluding hydrogens is 348 g/mol. The lowest BCUT2D eigenvalue weighted by molar-refractivity contribution is -0.120. The van der Waals surface area contributed by atoms with Crippen molar-refractivity contribution in [2.75, 3.05) is 11.1 Å². The van der Waals surface area contributed by atoms with Crippen LogP contribution >= 0.6 is 31.9 Å². The van der Waals surface area contributed by atoms with Crippen LogP contribution in [0.1, 0.15) is 26.7 Å². The molecule has 0 saturated carbocycles. The van der Waals surface area contributed by atoms with E-state index >= 15 is 0 Å². The molecule has 0 heterocycles. The molecule has 0 spiro atoms. The summed E-state index contributed by atoms with van der Waals surface area (Å²) >= 11 is 6.79. The minimum Gasteiger partial charge on any atom is -0.399 e. The van der Waals surface area contributed by atoms with Gasteiger partial charge in [0.25, 0.3) is 0 Å². The Hall–Kier alpha value is -0.550. The Labute approximate surface area is 118 Å². The zero-order chi connectivity index (χ0) is 13.0. The van der Waals surface area contributed by atoms with Crippen molar-refractivity contribution in [1.29, 1.82) is 0 Å². The molecule has 17 heavy (non-hydrogen) atoms. The third-order valence-corrected chi connectivity index (χ3v) is 3.92. The van der Waals surface area contributed by atoms with Gasteiger partial charge in [0.05, 0.1) is 5.69 Å². The monoisotopic (exact) mass is 362 g/mol. The van der Waals surface area contributed by atoms with E-state index in [0.717, 1.165) is 27.5 Å². The highest BCUT2D eigenvalue weighted by molar-refractivity contribution is 9.11. The van der Waals surface area contributed by atoms with E-state index in [1.807, 2.05) is 13.8 Å². The van der Waals surface area contributed by atoms with Crippen molar-refractivity contribution in [3.63, 3.8) is 0 Å². The number of nitrogen functional groups attached to an aromatic ring is 1. The molecular formula is C12H16Br2N2O. The number of carbonyl (C=O) groups is 1. The number of anilines is 2. The topological polar surface area (TPSA) is 55.1 Å². The first-order chi connectivity index (χ1) is 7.99. The summed E-state index contributed by atoms with van der Waals surface area (Å²) in [5.41, 5.74) is 7.07. The van der Waals surface area contributed by atoms with Crippen molar-refractivity contribution in [2.24, 2.45) is 5.92 Å². The van der Waals surface area contributed by atoms with Gasteiger partial charge in [-0.25, -0.2) is 0 Å². The van der Waals surface area contributed by atoms with Crippen LogP contribution in [0.2, 0.25) is 0 Å². The van der Waals surface area contributed by atoms with E-state index in [1.54, 1.807) is 12.1 Å². The Balaban J connectivity index is 2.92. The molecule has 1 aromatic rings. The van der Waals surface area contributed by atoms with Crippen molar-refractivity contribution < 1.29 is 4.79 Å². The zero-order valence-electron chi connectivity index (χ0n) is 9.89. The first-order valence-electron chi connectivity index (χ1n) is 5.54. The zero-order valence-corrected chi connectivity index (χ0v) is 13.1. The minimum absolute atomic E-state index is 0.0428. The number of halogens is 2. The first kappa shape index (κ1) is 14.5. The van der Waals surface area contributed by atoms with Crippen molar-refractivity contribution in [3.05, 3.63) is 21.1 Å². The molecule has 0 aromatic heterocycles. The van der Waals surface area contributed by atoms with Crippen LogP contribution in [0, 0.1) is 5.92 Å². The van der Waals surface area contributed by atoms with Gasteiger partial charge in [0, 0.05) is 20.6 Å². The summed E-state index contributed by atoms with van der Waals surface area (Å²) < 4.78 is 1.56. The highest BCUT2D eigenvalue weighted by Crippen LogP contribution is 2.33. The van der Waals surface area contributed by atoms with Crippen LogP contribution < -0.4 is 11.1 Å². The van der Waals surface area contributed by atoms with Gasteiger partial charge in [0.15, 0.2) is 0 Å². The molecule has 0 unspecified atom stereocenters. The summed E-state index contributed by atoms with van der Waals surface area (Å²) in [5.74, 6) is 0.0903. The fourth-order valence-corrected chi connectivity index (χ4v) is 3.02. The Kier molecular flexibility index (Phi) is 5.46. The molecule has 1 aromatic carbocycles. The smallest absolute Gasteiger partial charge is 0.227 e. The Morgan fingerprint density at radius 2 is 1.76 bits per heavy atom. The quantitative estimate of drug-likeness (QED) is 0.788. The van der Waals surface area contributed by atoms with Crippen molar-refractivity contribution in [2.45, 2.75) is 26.7 Å². The highest BCUT2D eigenvalue weighted by Gasteiger charge is 2.16. The molecule has 5 heteroatoms. The maximum Gasteiger partial charge on any atom is 0.227 e. The molecule has 0 aliphatic rings. The lowest BCUT2D eigenvalue weighted by Crippen LogP contribution is -2.22. The van der Waals surface area contributed by atoms with Crippen LogP contribution in [0.25, 0.3) is 0 Å². The second-order valence-corrected chi connectivity index (χ2v) is 5.57. The van der Waals surface area contributed by atoms with E-state index in [-0.39, 0.29) is 11.8 Å². The molecule has 0 fully saturated rings. The average Bonchev–Trinajstić information content (AvgIpc) is 2.25. The van der Waals surface area contributed by atoms with E-state index in [9.17, 15) is 4.79 Å². The van der Waals surface area contributed by atoms with Gasteiger partial charge in [0.1, 0.15) is 0 Å². The van der Waals surface area contributed by atoms with E-state index < -0.39 is 0 Å². The summed E-state index contributed by atoms with van der Waals surface area (Å²) in [6, 6.07) is 3.54. The lowest BCUT2D eigenvalue weighted by atomic mass is 10.0. The fourth-order valence-electron chi connectivity index (χ4n) is 1.60. The Morgan fingerprint density at radius 1 is 1.29 bits per heavy atom. The Bertz CT molecular complexity index is 394. The van der Waals surface area contributed by atoms with Gasteiger partial charge in [0.2, 0.25) is 5.91 Å². The molecule has 0 atom stereocenters. The van der Waals surface area contributed by atoms with E-state index in [4.69, 9.17) is 5.73 Å². The van der Waals surface area contributed by atoms with Gasteiger partial charge in [-0.1, -0.05) is 13.8 Å². The number of hydrogen-bond acceptors (Lipinski definition) is 2. The summed E-state index contributed by atoms with van der Waals surface area (Å²) in [4.78, 5) is 12.0. The van der Waals surface area contributed by atoms with Crippen molar-refractivity contribution >= 4 is 49.1 Å². The summed E-state index contributed by atoms with van der Waals surface area (Å²) in [7, 11) is 0. The molecule has 0 aliphatic carbocycles. The normalized spacial score (nSPS) is 10.6. The molecule has 3 nitrogen and oxygen atoms in total. The maximum atomic E-state index is 12.0. The molecule has 1 amide bonds. The van der Waals surface area contributed by atoms with Crippen LogP contribution in [-0.2, 0) is 4.79 Å². The third kappa shape index (κ3) is 3.71. The van der Waals surface area contributed by atoms with Crippen molar-refractivity contribution in [3.8, 4) is 0 Å². The van der Waals surface area contributed by atoms with Crippen LogP contribution in [0.4, 0.5) is 11.4 Å². The molecule has 3 N–H and O–H groups in total. The molecule has 94 valence electrons. The van der Waals surface area contributed by atoms with Gasteiger partial charge in [-0.05, 0) is 56.8 Å². The largest absolute Gasteiger partial charge is 0.399 e. The van der Waals surface area contributed by atoms with Crippen LogP contribution in [0.3, 0.4) is 0 Å². The first-order valence-corrected chi connectivity index (χ1v) is 7.13. The van der Waals surface area contributed by atoms with Crippen LogP contribution in [-0.4, -0.2) is 5.91 Å². The SMILES string of the molecule is CCC(CC)C(=O)Nc1c(Br)cc(N)cc1Br. The Morgan fingerprint density at radius 3 is 2.18 bits per heavy atom. The van der Waals surface area contributed by atoms with Crippen LogP contribution in [0.15, 0.2) is 21.1 Å². The molecule has 0 saturated heterocycles. The van der Waals surface area contributed by atoms with Gasteiger partial charge in [-0.15, -0.1) is 0 Å². The average molecular weight is 364 g/mol. The lowest BCUT2D eigenvalue weighted by Gasteiger charge is -2.15. The van der Waals surface area contributed by atoms with E-state index in [2.05, 4.69) is 37.2 Å². The second kappa shape index (κ2) is 6.40. The fraction of sp³-hybridized carbons (Fsp3) is 0.417. The maximum absolute atomic E-state index is 12.0. The van der Waals surface area contributed by atoms with Crippen LogP contribution in [0.5, 0.6) is 0 Å². The number of nitrogens with one attached hydrogen (secondary N) is 1. The van der Waals surface area contributed by atoms with Gasteiger partial charge < -0.3 is 11.1 Å². The highest BCUT2D eigenvalue weighted by atomic mass is 79.9. The van der Waals surface area contributed by atoms with Crippen molar-refractivity contribution in [1.82, 2.24) is 0 Å². The predicted octanol–water partition coefficient (Wildman–Crippen LogP) is 4.17. The summed E-state index contributed by atoms with van der Waals surface area (Å²) in [6.45, 7) is 4.03. The number of nitrogens with two attached hydrogens (primary N) is 1. The van der Waals surface area contributed by atoms with Gasteiger partial charge >= 0.3 is 0 Å². The summed E-state index contributed by atoms with van der Waals surface area (Å²) in [5, 5.41) is 2.92. The second-order valence-electron chi connectivity index (χ2n) is 3.86. The predicted molar refractivity (Wildman–Crippen MR) is 79.0 cm³/mol. The van der Waals surface area contributed by atoms with Gasteiger partial charge in [-0.2, -0.15) is 0 Å². The number of amides is 1. The number of carbonyl (C=O) groups excluding carboxylic acids is 1. The summed E-state index contributed by atoms with van der Waals surface area (Å²) in [6.07, 6.45) is 1.68. The molecule has 1 rings (SSSR count). The number of hydrogen-bond donors (Lipinski definition) is 2.